The van der Waals surface area contributed by atoms with Crippen LogP contribution in [0.2, 0.25) is 0 Å². The summed E-state index contributed by atoms with van der Waals surface area (Å²) in [5, 5.41) is 13.9. The fourth-order valence-corrected chi connectivity index (χ4v) is 1.94. The first kappa shape index (κ1) is 14.7. The maximum Gasteiger partial charge on any atom is 0.330 e. The number of aryl methyl sites for hydroxylation is 1. The van der Waals surface area contributed by atoms with Crippen LogP contribution in [0, 0.1) is 10.1 Å². The van der Waals surface area contributed by atoms with Crippen molar-refractivity contribution in [2.24, 2.45) is 0 Å². The molecule has 1 aromatic heterocycles. The van der Waals surface area contributed by atoms with E-state index in [-0.39, 0.29) is 11.5 Å². The Morgan fingerprint density at radius 1 is 1.33 bits per heavy atom. The third-order valence-electron chi connectivity index (χ3n) is 3.22. The number of nitrogens with one attached hydrogen (secondary N) is 1. The minimum Gasteiger partial charge on any atom is -0.357 e. The second-order valence-corrected chi connectivity index (χ2v) is 4.49. The van der Waals surface area contributed by atoms with E-state index >= 15 is 0 Å². The van der Waals surface area contributed by atoms with Crippen LogP contribution in [0.3, 0.4) is 0 Å². The van der Waals surface area contributed by atoms with Gasteiger partial charge in [-0.15, -0.1) is 0 Å². The zero-order valence-corrected chi connectivity index (χ0v) is 12.2. The van der Waals surface area contributed by atoms with Crippen LogP contribution in [0.5, 0.6) is 0 Å². The molecule has 21 heavy (non-hydrogen) atoms. The summed E-state index contributed by atoms with van der Waals surface area (Å²) in [6.07, 6.45) is 2.16. The predicted molar refractivity (Wildman–Crippen MR) is 82.1 cm³/mol. The smallest absolute Gasteiger partial charge is 0.330 e. The summed E-state index contributed by atoms with van der Waals surface area (Å²) >= 11 is 0. The lowest BCUT2D eigenvalue weighted by Crippen LogP contribution is -2.15. The van der Waals surface area contributed by atoms with E-state index in [0.717, 1.165) is 12.1 Å². The highest BCUT2D eigenvalue weighted by molar-refractivity contribution is 5.68. The zero-order chi connectivity index (χ0) is 15.4. The summed E-state index contributed by atoms with van der Waals surface area (Å²) in [4.78, 5) is 20.4. The SMILES string of the molecule is CCc1ccc(N(C)c2nc(NC)ncc2[N+](=O)[O-])cc1. The van der Waals surface area contributed by atoms with Crippen LogP contribution >= 0.6 is 0 Å². The maximum absolute atomic E-state index is 11.1. The number of nitro groups is 1. The van der Waals surface area contributed by atoms with Crippen molar-refractivity contribution in [1.29, 1.82) is 0 Å². The molecule has 0 atom stereocenters. The lowest BCUT2D eigenvalue weighted by molar-refractivity contribution is -0.384. The highest BCUT2D eigenvalue weighted by atomic mass is 16.6. The highest BCUT2D eigenvalue weighted by Crippen LogP contribution is 2.30. The van der Waals surface area contributed by atoms with Gasteiger partial charge in [-0.2, -0.15) is 4.98 Å². The first-order chi connectivity index (χ1) is 10.1. The predicted octanol–water partition coefficient (Wildman–Crippen LogP) is 2.76. The number of hydrogen-bond acceptors (Lipinski definition) is 6. The van der Waals surface area contributed by atoms with E-state index in [9.17, 15) is 10.1 Å². The molecule has 110 valence electrons. The molecule has 0 spiro atoms. The molecule has 7 heteroatoms. The number of aromatic nitrogens is 2. The normalized spacial score (nSPS) is 10.2. The van der Waals surface area contributed by atoms with Crippen LogP contribution < -0.4 is 10.2 Å². The molecule has 0 aliphatic rings. The molecular weight excluding hydrogens is 270 g/mol. The monoisotopic (exact) mass is 287 g/mol. The summed E-state index contributed by atoms with van der Waals surface area (Å²) in [5.74, 6) is 0.594. The Balaban J connectivity index is 2.44. The fraction of sp³-hybridized carbons (Fsp3) is 0.286. The van der Waals surface area contributed by atoms with E-state index in [1.54, 1.807) is 19.0 Å². The lowest BCUT2D eigenvalue weighted by atomic mass is 10.1. The molecule has 2 aromatic rings. The Morgan fingerprint density at radius 3 is 2.52 bits per heavy atom. The van der Waals surface area contributed by atoms with Gasteiger partial charge in [0.25, 0.3) is 0 Å². The van der Waals surface area contributed by atoms with Gasteiger partial charge in [0.05, 0.1) is 4.92 Å². The van der Waals surface area contributed by atoms with Gasteiger partial charge in [0.2, 0.25) is 11.8 Å². The number of hydrogen-bond donors (Lipinski definition) is 1. The first-order valence-electron chi connectivity index (χ1n) is 6.58. The molecular formula is C14H17N5O2. The molecule has 0 radical (unpaired) electrons. The summed E-state index contributed by atoms with van der Waals surface area (Å²) in [5.41, 5.74) is 1.91. The summed E-state index contributed by atoms with van der Waals surface area (Å²) < 4.78 is 0. The van der Waals surface area contributed by atoms with Crippen molar-refractivity contribution < 1.29 is 4.92 Å². The van der Waals surface area contributed by atoms with Crippen molar-refractivity contribution in [2.75, 3.05) is 24.3 Å². The molecule has 0 fully saturated rings. The molecule has 0 unspecified atom stereocenters. The largest absolute Gasteiger partial charge is 0.357 e. The van der Waals surface area contributed by atoms with E-state index in [4.69, 9.17) is 0 Å². The molecule has 7 nitrogen and oxygen atoms in total. The van der Waals surface area contributed by atoms with Crippen molar-refractivity contribution in [3.05, 3.63) is 46.1 Å². The molecule has 1 aromatic carbocycles. The molecule has 1 heterocycles. The topological polar surface area (TPSA) is 84.2 Å². The Hall–Kier alpha value is -2.70. The van der Waals surface area contributed by atoms with Crippen LogP contribution in [0.25, 0.3) is 0 Å². The van der Waals surface area contributed by atoms with Crippen LogP contribution in [0.4, 0.5) is 23.1 Å². The van der Waals surface area contributed by atoms with Crippen molar-refractivity contribution in [2.45, 2.75) is 13.3 Å². The summed E-state index contributed by atoms with van der Waals surface area (Å²) in [7, 11) is 3.41. The zero-order valence-electron chi connectivity index (χ0n) is 12.2. The Bertz CT molecular complexity index is 642. The van der Waals surface area contributed by atoms with Gasteiger partial charge in [-0.1, -0.05) is 19.1 Å². The van der Waals surface area contributed by atoms with Gasteiger partial charge < -0.3 is 10.2 Å². The maximum atomic E-state index is 11.1. The van der Waals surface area contributed by atoms with Crippen LogP contribution in [0.1, 0.15) is 12.5 Å². The third kappa shape index (κ3) is 3.07. The Labute approximate surface area is 122 Å². The third-order valence-corrected chi connectivity index (χ3v) is 3.22. The minimum atomic E-state index is -0.480. The average Bonchev–Trinajstić information content (AvgIpc) is 2.53. The Kier molecular flexibility index (Phi) is 4.32. The lowest BCUT2D eigenvalue weighted by Gasteiger charge is -2.18. The molecule has 0 saturated heterocycles. The molecule has 0 saturated carbocycles. The molecule has 1 N–H and O–H groups in total. The van der Waals surface area contributed by atoms with Crippen molar-refractivity contribution in [3.8, 4) is 0 Å². The van der Waals surface area contributed by atoms with Gasteiger partial charge in [-0.05, 0) is 24.1 Å². The highest BCUT2D eigenvalue weighted by Gasteiger charge is 2.21. The van der Waals surface area contributed by atoms with Crippen molar-refractivity contribution in [1.82, 2.24) is 9.97 Å². The van der Waals surface area contributed by atoms with Crippen molar-refractivity contribution >= 4 is 23.1 Å². The van der Waals surface area contributed by atoms with Crippen LogP contribution in [-0.2, 0) is 6.42 Å². The van der Waals surface area contributed by atoms with Gasteiger partial charge in [-0.3, -0.25) is 10.1 Å². The second kappa shape index (κ2) is 6.17. The number of benzene rings is 1. The number of rotatable bonds is 5. The summed E-state index contributed by atoms with van der Waals surface area (Å²) in [6, 6.07) is 7.84. The second-order valence-electron chi connectivity index (χ2n) is 4.49. The average molecular weight is 287 g/mol. The molecule has 0 aliphatic carbocycles. The fourth-order valence-electron chi connectivity index (χ4n) is 1.94. The molecule has 2 rings (SSSR count). The van der Waals surface area contributed by atoms with Gasteiger partial charge in [0, 0.05) is 19.8 Å². The van der Waals surface area contributed by atoms with Crippen LogP contribution in [0.15, 0.2) is 30.5 Å². The number of anilines is 3. The van der Waals surface area contributed by atoms with E-state index in [0.29, 0.717) is 5.95 Å². The van der Waals surface area contributed by atoms with Crippen molar-refractivity contribution in [3.63, 3.8) is 0 Å². The van der Waals surface area contributed by atoms with E-state index < -0.39 is 4.92 Å². The molecule has 0 bridgehead atoms. The van der Waals surface area contributed by atoms with E-state index in [1.165, 1.54) is 11.8 Å². The van der Waals surface area contributed by atoms with Gasteiger partial charge in [0.15, 0.2) is 0 Å². The van der Waals surface area contributed by atoms with E-state index in [1.807, 2.05) is 24.3 Å². The summed E-state index contributed by atoms with van der Waals surface area (Å²) in [6.45, 7) is 2.08. The van der Waals surface area contributed by atoms with Gasteiger partial charge in [-0.25, -0.2) is 4.98 Å². The standard InChI is InChI=1S/C14H17N5O2/c1-4-10-5-7-11(8-6-10)18(3)13-12(19(20)21)9-16-14(15-2)17-13/h5-9H,4H2,1-3H3,(H,15,16,17). The quantitative estimate of drug-likeness (QED) is 0.672. The van der Waals surface area contributed by atoms with E-state index in [2.05, 4.69) is 22.2 Å². The van der Waals surface area contributed by atoms with Gasteiger partial charge >= 0.3 is 5.69 Å². The Morgan fingerprint density at radius 2 is 2.00 bits per heavy atom. The first-order valence-corrected chi connectivity index (χ1v) is 6.58. The minimum absolute atomic E-state index is 0.129. The molecule has 0 aliphatic heterocycles. The number of nitrogens with zero attached hydrogens (tertiary/aromatic N) is 4. The van der Waals surface area contributed by atoms with Gasteiger partial charge in [0.1, 0.15) is 6.20 Å². The molecule has 0 amide bonds. The van der Waals surface area contributed by atoms with Crippen LogP contribution in [-0.4, -0.2) is 29.0 Å².